The smallest absolute Gasteiger partial charge is 0.204 e. The predicted molar refractivity (Wildman–Crippen MR) is 98.2 cm³/mol. The maximum absolute atomic E-state index is 8.58. The fourth-order valence-electron chi connectivity index (χ4n) is 2.79. The van der Waals surface area contributed by atoms with Crippen molar-refractivity contribution in [2.75, 3.05) is 0 Å². The van der Waals surface area contributed by atoms with Crippen LogP contribution < -0.4 is 5.73 Å². The normalized spacial score (nSPS) is 10.3. The van der Waals surface area contributed by atoms with Crippen LogP contribution in [0.25, 0.3) is 22.6 Å². The zero-order valence-electron chi connectivity index (χ0n) is 14.4. The van der Waals surface area contributed by atoms with Gasteiger partial charge in [-0.05, 0) is 29.3 Å². The summed E-state index contributed by atoms with van der Waals surface area (Å²) < 4.78 is 7.11. The number of amides is 1. The standard InChI is InChI=1S/C18H16N4O.CH3NO/c1-2-14-17(21-23-20-14)18-19-15-10-6-7-11-16(15)22(18)12-13-8-4-3-5-9-13;2-1-3/h3-11H,2,12H2,1H3;1H,(H2,2,3). The number of hydrogen-bond acceptors (Lipinski definition) is 5. The van der Waals surface area contributed by atoms with Gasteiger partial charge in [-0.3, -0.25) is 4.79 Å². The molecule has 0 aliphatic rings. The van der Waals surface area contributed by atoms with Gasteiger partial charge in [-0.15, -0.1) is 0 Å². The highest BCUT2D eigenvalue weighted by Crippen LogP contribution is 2.26. The van der Waals surface area contributed by atoms with E-state index in [0.29, 0.717) is 0 Å². The van der Waals surface area contributed by atoms with Crippen molar-refractivity contribution in [3.8, 4) is 11.5 Å². The number of para-hydroxylation sites is 2. The van der Waals surface area contributed by atoms with Gasteiger partial charge in [0.25, 0.3) is 0 Å². The second-order valence-corrected chi connectivity index (χ2v) is 5.55. The number of carbonyl (C=O) groups excluding carboxylic acids is 1. The van der Waals surface area contributed by atoms with Crippen LogP contribution in [0.5, 0.6) is 0 Å². The molecule has 0 radical (unpaired) electrons. The van der Waals surface area contributed by atoms with Crippen LogP contribution >= 0.6 is 0 Å². The third-order valence-corrected chi connectivity index (χ3v) is 3.94. The fourth-order valence-corrected chi connectivity index (χ4v) is 2.79. The number of primary amides is 1. The Morgan fingerprint density at radius 2 is 1.77 bits per heavy atom. The Labute approximate surface area is 150 Å². The number of nitrogens with two attached hydrogens (primary N) is 1. The summed E-state index contributed by atoms with van der Waals surface area (Å²) in [6.45, 7) is 2.76. The first-order valence-corrected chi connectivity index (χ1v) is 8.24. The molecule has 0 spiro atoms. The van der Waals surface area contributed by atoms with E-state index in [2.05, 4.69) is 38.8 Å². The third kappa shape index (κ3) is 3.46. The number of carbonyl (C=O) groups is 1. The van der Waals surface area contributed by atoms with E-state index in [4.69, 9.17) is 14.4 Å². The average molecular weight is 349 g/mol. The second kappa shape index (κ2) is 8.06. The Bertz CT molecular complexity index is 992. The van der Waals surface area contributed by atoms with E-state index < -0.39 is 0 Å². The first-order valence-electron chi connectivity index (χ1n) is 8.24. The van der Waals surface area contributed by atoms with Crippen LogP contribution in [0.15, 0.2) is 59.2 Å². The quantitative estimate of drug-likeness (QED) is 0.571. The largest absolute Gasteiger partial charge is 0.372 e. The van der Waals surface area contributed by atoms with Crippen molar-refractivity contribution < 1.29 is 9.42 Å². The molecule has 2 aromatic heterocycles. The lowest BCUT2D eigenvalue weighted by Gasteiger charge is -2.08. The molecule has 2 heterocycles. The fraction of sp³-hybridized carbons (Fsp3) is 0.158. The summed E-state index contributed by atoms with van der Waals surface area (Å²) in [6, 6.07) is 18.4. The van der Waals surface area contributed by atoms with Crippen molar-refractivity contribution in [1.29, 1.82) is 0 Å². The Morgan fingerprint density at radius 1 is 1.08 bits per heavy atom. The Balaban J connectivity index is 0.000000613. The average Bonchev–Trinajstić information content (AvgIpc) is 3.28. The van der Waals surface area contributed by atoms with E-state index in [1.807, 2.05) is 43.3 Å². The molecule has 0 fully saturated rings. The molecule has 0 unspecified atom stereocenters. The topological polar surface area (TPSA) is 99.8 Å². The zero-order valence-corrected chi connectivity index (χ0v) is 14.4. The van der Waals surface area contributed by atoms with E-state index in [1.165, 1.54) is 5.56 Å². The molecular formula is C19H19N5O2. The van der Waals surface area contributed by atoms with Gasteiger partial charge in [-0.25, -0.2) is 9.61 Å². The van der Waals surface area contributed by atoms with E-state index in [1.54, 1.807) is 0 Å². The summed E-state index contributed by atoms with van der Waals surface area (Å²) in [5.74, 6) is 0.799. The summed E-state index contributed by atoms with van der Waals surface area (Å²) in [4.78, 5) is 13.3. The van der Waals surface area contributed by atoms with Gasteiger partial charge in [0.05, 0.1) is 11.0 Å². The maximum Gasteiger partial charge on any atom is 0.204 e. The van der Waals surface area contributed by atoms with Crippen molar-refractivity contribution in [3.05, 3.63) is 65.9 Å². The molecule has 132 valence electrons. The first-order chi connectivity index (χ1) is 12.8. The van der Waals surface area contributed by atoms with Gasteiger partial charge in [0.2, 0.25) is 6.41 Å². The molecule has 2 aromatic carbocycles. The predicted octanol–water partition coefficient (Wildman–Crippen LogP) is 2.80. The molecule has 7 nitrogen and oxygen atoms in total. The molecule has 0 bridgehead atoms. The van der Waals surface area contributed by atoms with E-state index in [9.17, 15) is 0 Å². The summed E-state index contributed by atoms with van der Waals surface area (Å²) in [5.41, 5.74) is 8.96. The third-order valence-electron chi connectivity index (χ3n) is 3.94. The molecule has 0 aliphatic heterocycles. The van der Waals surface area contributed by atoms with Gasteiger partial charge < -0.3 is 10.3 Å². The number of benzene rings is 2. The molecule has 4 aromatic rings. The van der Waals surface area contributed by atoms with Crippen LogP contribution in [0.2, 0.25) is 0 Å². The summed E-state index contributed by atoms with van der Waals surface area (Å²) in [7, 11) is 0. The summed E-state index contributed by atoms with van der Waals surface area (Å²) in [5, 5.41) is 8.08. The van der Waals surface area contributed by atoms with Crippen molar-refractivity contribution in [2.24, 2.45) is 5.73 Å². The number of imidazole rings is 1. The van der Waals surface area contributed by atoms with Crippen molar-refractivity contribution >= 4 is 17.4 Å². The minimum atomic E-state index is 0.250. The number of hydrogen-bond donors (Lipinski definition) is 1. The molecule has 2 N–H and O–H groups in total. The number of aromatic nitrogens is 4. The van der Waals surface area contributed by atoms with Crippen LogP contribution in [0, 0.1) is 0 Å². The van der Waals surface area contributed by atoms with Crippen LogP contribution in [0.4, 0.5) is 0 Å². The van der Waals surface area contributed by atoms with Crippen molar-refractivity contribution in [2.45, 2.75) is 19.9 Å². The van der Waals surface area contributed by atoms with Crippen LogP contribution in [0.1, 0.15) is 18.2 Å². The minimum absolute atomic E-state index is 0.250. The molecule has 7 heteroatoms. The molecule has 0 saturated heterocycles. The number of rotatable bonds is 4. The van der Waals surface area contributed by atoms with Gasteiger partial charge >= 0.3 is 0 Å². The van der Waals surface area contributed by atoms with E-state index in [-0.39, 0.29) is 6.41 Å². The lowest BCUT2D eigenvalue weighted by molar-refractivity contribution is -0.106. The maximum atomic E-state index is 8.58. The molecule has 0 aliphatic carbocycles. The van der Waals surface area contributed by atoms with Crippen LogP contribution in [-0.4, -0.2) is 26.3 Å². The molecule has 26 heavy (non-hydrogen) atoms. The molecule has 1 amide bonds. The van der Waals surface area contributed by atoms with Gasteiger partial charge in [0.1, 0.15) is 5.69 Å². The van der Waals surface area contributed by atoms with Gasteiger partial charge in [0.15, 0.2) is 11.5 Å². The molecule has 4 rings (SSSR count). The van der Waals surface area contributed by atoms with Gasteiger partial charge in [-0.2, -0.15) is 0 Å². The van der Waals surface area contributed by atoms with Gasteiger partial charge in [0, 0.05) is 6.54 Å². The van der Waals surface area contributed by atoms with Crippen molar-refractivity contribution in [3.63, 3.8) is 0 Å². The molecular weight excluding hydrogens is 330 g/mol. The highest BCUT2D eigenvalue weighted by Gasteiger charge is 2.19. The summed E-state index contributed by atoms with van der Waals surface area (Å²) in [6.07, 6.45) is 1.01. The SMILES string of the molecule is CCc1nonc1-c1nc2ccccc2n1Cc1ccccc1.NC=O. The summed E-state index contributed by atoms with van der Waals surface area (Å²) >= 11 is 0. The van der Waals surface area contributed by atoms with E-state index in [0.717, 1.165) is 41.2 Å². The second-order valence-electron chi connectivity index (χ2n) is 5.55. The van der Waals surface area contributed by atoms with Crippen LogP contribution in [0.3, 0.4) is 0 Å². The number of nitrogens with zero attached hydrogens (tertiary/aromatic N) is 4. The Kier molecular flexibility index (Phi) is 5.38. The van der Waals surface area contributed by atoms with Gasteiger partial charge in [-0.1, -0.05) is 54.5 Å². The Hall–Kier alpha value is -3.48. The number of fused-ring (bicyclic) bond motifs is 1. The van der Waals surface area contributed by atoms with Crippen LogP contribution in [-0.2, 0) is 17.8 Å². The lowest BCUT2D eigenvalue weighted by atomic mass is 10.2. The molecule has 0 saturated carbocycles. The first kappa shape index (κ1) is 17.3. The van der Waals surface area contributed by atoms with Crippen molar-refractivity contribution in [1.82, 2.24) is 19.9 Å². The van der Waals surface area contributed by atoms with E-state index >= 15 is 0 Å². The Morgan fingerprint density at radius 3 is 2.50 bits per heavy atom. The zero-order chi connectivity index (χ0) is 18.4. The lowest BCUT2D eigenvalue weighted by Crippen LogP contribution is -2.03. The monoisotopic (exact) mass is 349 g/mol. The molecule has 0 atom stereocenters. The highest BCUT2D eigenvalue weighted by molar-refractivity contribution is 5.80. The number of aryl methyl sites for hydroxylation is 1. The highest BCUT2D eigenvalue weighted by atomic mass is 16.6. The minimum Gasteiger partial charge on any atom is -0.372 e.